The van der Waals surface area contributed by atoms with Gasteiger partial charge in [-0.05, 0) is 56.9 Å². The Morgan fingerprint density at radius 2 is 1.85 bits per heavy atom. The maximum atomic E-state index is 12.4. The van der Waals surface area contributed by atoms with E-state index in [2.05, 4.69) is 4.72 Å². The molecule has 1 aromatic carbocycles. The molecule has 2 N–H and O–H groups in total. The van der Waals surface area contributed by atoms with Gasteiger partial charge in [-0.25, -0.2) is 13.1 Å². The highest BCUT2D eigenvalue weighted by molar-refractivity contribution is 7.89. The molecule has 0 radical (unpaired) electrons. The van der Waals surface area contributed by atoms with Gasteiger partial charge in [-0.2, -0.15) is 0 Å². The highest BCUT2D eigenvalue weighted by Crippen LogP contribution is 2.25. The van der Waals surface area contributed by atoms with Crippen LogP contribution in [-0.2, 0) is 10.0 Å². The van der Waals surface area contributed by atoms with E-state index in [-0.39, 0.29) is 12.6 Å². The van der Waals surface area contributed by atoms with Crippen LogP contribution < -0.4 is 9.46 Å². The fourth-order valence-corrected chi connectivity index (χ4v) is 3.96. The summed E-state index contributed by atoms with van der Waals surface area (Å²) in [5.74, 6) is 0.646. The number of rotatable bonds is 7. The van der Waals surface area contributed by atoms with Gasteiger partial charge in [0.2, 0.25) is 10.0 Å². The molecule has 0 saturated heterocycles. The number of aliphatic hydroxyl groups excluding tert-OH is 1. The summed E-state index contributed by atoms with van der Waals surface area (Å²) >= 11 is 0. The molecular formula is C14H23NO4S. The third kappa shape index (κ3) is 4.19. The molecule has 0 aliphatic heterocycles. The number of methoxy groups -OCH3 is 1. The average molecular weight is 301 g/mol. The molecule has 0 amide bonds. The molecular weight excluding hydrogens is 278 g/mol. The van der Waals surface area contributed by atoms with Crippen LogP contribution in [0.15, 0.2) is 17.0 Å². The minimum atomic E-state index is -3.56. The van der Waals surface area contributed by atoms with Crippen LogP contribution in [0.25, 0.3) is 0 Å². The van der Waals surface area contributed by atoms with Gasteiger partial charge in [-0.1, -0.05) is 0 Å². The van der Waals surface area contributed by atoms with Crippen LogP contribution in [-0.4, -0.2) is 33.3 Å². The molecule has 0 aliphatic carbocycles. The van der Waals surface area contributed by atoms with Gasteiger partial charge < -0.3 is 9.84 Å². The standard InChI is InChI=1S/C14H23NO4S/c1-10-8-13(19-4)9-11(2)14(10)20(17,18)15-12(3)6-5-7-16/h8-9,12,15-16H,5-7H2,1-4H3. The van der Waals surface area contributed by atoms with Crippen molar-refractivity contribution in [3.05, 3.63) is 23.3 Å². The Balaban J connectivity index is 3.04. The van der Waals surface area contributed by atoms with Crippen molar-refractivity contribution in [2.75, 3.05) is 13.7 Å². The van der Waals surface area contributed by atoms with Crippen molar-refractivity contribution in [2.24, 2.45) is 0 Å². The first-order valence-electron chi connectivity index (χ1n) is 6.60. The quantitative estimate of drug-likeness (QED) is 0.804. The third-order valence-electron chi connectivity index (χ3n) is 3.09. The van der Waals surface area contributed by atoms with Crippen LogP contribution in [0.4, 0.5) is 0 Å². The molecule has 0 aliphatic rings. The van der Waals surface area contributed by atoms with Crippen molar-refractivity contribution in [1.82, 2.24) is 4.72 Å². The van der Waals surface area contributed by atoms with Crippen molar-refractivity contribution in [1.29, 1.82) is 0 Å². The van der Waals surface area contributed by atoms with Crippen LogP contribution in [0.5, 0.6) is 5.75 Å². The largest absolute Gasteiger partial charge is 0.497 e. The monoisotopic (exact) mass is 301 g/mol. The Labute approximate surface area is 121 Å². The minimum absolute atomic E-state index is 0.0622. The number of nitrogens with one attached hydrogen (secondary N) is 1. The summed E-state index contributed by atoms with van der Waals surface area (Å²) in [7, 11) is -2.01. The first kappa shape index (κ1) is 16.9. The number of hydrogen-bond donors (Lipinski definition) is 2. The average Bonchev–Trinajstić information content (AvgIpc) is 2.34. The molecule has 1 rings (SSSR count). The Morgan fingerprint density at radius 1 is 1.30 bits per heavy atom. The second-order valence-electron chi connectivity index (χ2n) is 4.98. The highest BCUT2D eigenvalue weighted by Gasteiger charge is 2.22. The lowest BCUT2D eigenvalue weighted by atomic mass is 10.1. The lowest BCUT2D eigenvalue weighted by molar-refractivity contribution is 0.279. The minimum Gasteiger partial charge on any atom is -0.497 e. The summed E-state index contributed by atoms with van der Waals surface area (Å²) in [6, 6.07) is 3.20. The van der Waals surface area contributed by atoms with E-state index in [0.29, 0.717) is 34.6 Å². The number of sulfonamides is 1. The summed E-state index contributed by atoms with van der Waals surface area (Å²) in [6.07, 6.45) is 1.17. The molecule has 20 heavy (non-hydrogen) atoms. The molecule has 1 atom stereocenters. The lowest BCUT2D eigenvalue weighted by Crippen LogP contribution is -2.33. The lowest BCUT2D eigenvalue weighted by Gasteiger charge is -2.17. The van der Waals surface area contributed by atoms with E-state index >= 15 is 0 Å². The molecule has 0 bridgehead atoms. The molecule has 6 heteroatoms. The Morgan fingerprint density at radius 3 is 2.30 bits per heavy atom. The van der Waals surface area contributed by atoms with Crippen molar-refractivity contribution in [2.45, 2.75) is 44.6 Å². The molecule has 1 aromatic rings. The van der Waals surface area contributed by atoms with Crippen LogP contribution in [0.3, 0.4) is 0 Å². The maximum Gasteiger partial charge on any atom is 0.241 e. The second-order valence-corrected chi connectivity index (χ2v) is 6.63. The maximum absolute atomic E-state index is 12.4. The summed E-state index contributed by atoms with van der Waals surface area (Å²) < 4.78 is 32.6. The summed E-state index contributed by atoms with van der Waals surface area (Å²) in [6.45, 7) is 5.36. The number of benzene rings is 1. The molecule has 0 spiro atoms. The van der Waals surface area contributed by atoms with Crippen molar-refractivity contribution in [3.63, 3.8) is 0 Å². The smallest absolute Gasteiger partial charge is 0.241 e. The van der Waals surface area contributed by atoms with E-state index in [1.165, 1.54) is 0 Å². The van der Waals surface area contributed by atoms with Crippen molar-refractivity contribution >= 4 is 10.0 Å². The van der Waals surface area contributed by atoms with Gasteiger partial charge in [0.1, 0.15) is 5.75 Å². The number of aryl methyl sites for hydroxylation is 2. The molecule has 0 saturated carbocycles. The van der Waals surface area contributed by atoms with E-state index < -0.39 is 10.0 Å². The van der Waals surface area contributed by atoms with Crippen LogP contribution in [0.2, 0.25) is 0 Å². The predicted octanol–water partition coefficient (Wildman–Crippen LogP) is 1.75. The predicted molar refractivity (Wildman–Crippen MR) is 78.6 cm³/mol. The zero-order valence-electron chi connectivity index (χ0n) is 12.4. The van der Waals surface area contributed by atoms with Crippen molar-refractivity contribution in [3.8, 4) is 5.75 Å². The van der Waals surface area contributed by atoms with Gasteiger partial charge in [-0.3, -0.25) is 0 Å². The van der Waals surface area contributed by atoms with Crippen LogP contribution >= 0.6 is 0 Å². The van der Waals surface area contributed by atoms with E-state index in [4.69, 9.17) is 9.84 Å². The second kappa shape index (κ2) is 7.06. The topological polar surface area (TPSA) is 75.6 Å². The molecule has 5 nitrogen and oxygen atoms in total. The SMILES string of the molecule is COc1cc(C)c(S(=O)(=O)NC(C)CCCO)c(C)c1. The van der Waals surface area contributed by atoms with Crippen LogP contribution in [0.1, 0.15) is 30.9 Å². The fraction of sp³-hybridized carbons (Fsp3) is 0.571. The van der Waals surface area contributed by atoms with E-state index in [1.54, 1.807) is 40.0 Å². The molecule has 0 heterocycles. The molecule has 1 unspecified atom stereocenters. The van der Waals surface area contributed by atoms with Gasteiger partial charge in [0.05, 0.1) is 12.0 Å². The van der Waals surface area contributed by atoms with Gasteiger partial charge in [-0.15, -0.1) is 0 Å². The zero-order valence-corrected chi connectivity index (χ0v) is 13.3. The van der Waals surface area contributed by atoms with E-state index in [0.717, 1.165) is 0 Å². The van der Waals surface area contributed by atoms with Crippen LogP contribution in [0, 0.1) is 13.8 Å². The number of aliphatic hydroxyl groups is 1. The molecule has 0 aromatic heterocycles. The molecule has 0 fully saturated rings. The highest BCUT2D eigenvalue weighted by atomic mass is 32.2. The zero-order chi connectivity index (χ0) is 15.3. The van der Waals surface area contributed by atoms with Gasteiger partial charge >= 0.3 is 0 Å². The summed E-state index contributed by atoms with van der Waals surface area (Å²) in [5, 5.41) is 8.79. The normalized spacial score (nSPS) is 13.2. The third-order valence-corrected chi connectivity index (χ3v) is 4.98. The fourth-order valence-electron chi connectivity index (χ4n) is 2.23. The van der Waals surface area contributed by atoms with E-state index in [1.807, 2.05) is 0 Å². The van der Waals surface area contributed by atoms with E-state index in [9.17, 15) is 8.42 Å². The Bertz CT molecular complexity index is 531. The van der Waals surface area contributed by atoms with Gasteiger partial charge in [0.25, 0.3) is 0 Å². The van der Waals surface area contributed by atoms with Gasteiger partial charge in [0.15, 0.2) is 0 Å². The first-order valence-corrected chi connectivity index (χ1v) is 8.08. The number of hydrogen-bond acceptors (Lipinski definition) is 4. The first-order chi connectivity index (χ1) is 9.31. The summed E-state index contributed by atoms with van der Waals surface area (Å²) in [4.78, 5) is 0.300. The van der Waals surface area contributed by atoms with Crippen molar-refractivity contribution < 1.29 is 18.3 Å². The van der Waals surface area contributed by atoms with Gasteiger partial charge in [0, 0.05) is 12.6 Å². The summed E-state index contributed by atoms with van der Waals surface area (Å²) in [5.41, 5.74) is 1.31. The Kier molecular flexibility index (Phi) is 5.98. The molecule has 114 valence electrons. The Hall–Kier alpha value is -1.11. The number of ether oxygens (including phenoxy) is 1.